The minimum atomic E-state index is -0.762. The number of nitrogen functional groups attached to an aromatic ring is 1. The van der Waals surface area contributed by atoms with Crippen LogP contribution >= 0.6 is 11.6 Å². The van der Waals surface area contributed by atoms with Gasteiger partial charge in [-0.3, -0.25) is 4.57 Å². The van der Waals surface area contributed by atoms with Gasteiger partial charge < -0.3 is 10.3 Å². The molecule has 25 heavy (non-hydrogen) atoms. The maximum Gasteiger partial charge on any atom is 0.355 e. The highest BCUT2D eigenvalue weighted by Gasteiger charge is 2.13. The summed E-state index contributed by atoms with van der Waals surface area (Å²) in [6.45, 7) is -0.160. The van der Waals surface area contributed by atoms with E-state index >= 15 is 0 Å². The number of halogens is 1. The van der Waals surface area contributed by atoms with Crippen molar-refractivity contribution in [1.82, 2.24) is 24.3 Å². The van der Waals surface area contributed by atoms with Gasteiger partial charge in [-0.1, -0.05) is 28.9 Å². The lowest BCUT2D eigenvalue weighted by Crippen LogP contribution is -2.42. The molecule has 0 fully saturated rings. The second-order valence-electron chi connectivity index (χ2n) is 5.41. The maximum atomic E-state index is 12.1. The number of rotatable bonds is 5. The predicted octanol–water partition coefficient (Wildman–Crippen LogP) is 0.394. The molecule has 0 spiro atoms. The molecule has 3 rings (SSSR count). The van der Waals surface area contributed by atoms with Crippen LogP contribution in [0.25, 0.3) is 0 Å². The number of hydrogen-bond acceptors (Lipinski definition) is 7. The number of hydrogen-bond donors (Lipinski definition) is 1. The molecule has 0 aliphatic carbocycles. The van der Waals surface area contributed by atoms with Crippen LogP contribution < -0.4 is 17.1 Å². The molecule has 0 unspecified atom stereocenters. The van der Waals surface area contributed by atoms with Crippen LogP contribution in [0.3, 0.4) is 0 Å². The summed E-state index contributed by atoms with van der Waals surface area (Å²) in [7, 11) is 1.42. The number of benzene rings is 1. The highest BCUT2D eigenvalue weighted by molar-refractivity contribution is 6.30. The molecule has 0 aliphatic heterocycles. The fraction of sp³-hybridized carbons (Fsp3) is 0.267. The molecular weight excluding hydrogens is 348 g/mol. The molecule has 2 N–H and O–H groups in total. The Labute approximate surface area is 146 Å². The number of nitrogens with two attached hydrogens (primary N) is 1. The Morgan fingerprint density at radius 2 is 1.88 bits per heavy atom. The van der Waals surface area contributed by atoms with Crippen molar-refractivity contribution in [2.24, 2.45) is 7.05 Å². The minimum Gasteiger partial charge on any atom is -0.369 e. The summed E-state index contributed by atoms with van der Waals surface area (Å²) in [4.78, 5) is 31.7. The summed E-state index contributed by atoms with van der Waals surface area (Å²) < 4.78 is 7.06. The van der Waals surface area contributed by atoms with Gasteiger partial charge in [0.1, 0.15) is 6.54 Å². The lowest BCUT2D eigenvalue weighted by Gasteiger charge is -2.05. The van der Waals surface area contributed by atoms with Gasteiger partial charge >= 0.3 is 11.4 Å². The molecule has 0 bridgehead atoms. The third-order valence-corrected chi connectivity index (χ3v) is 3.91. The zero-order valence-corrected chi connectivity index (χ0v) is 14.1. The van der Waals surface area contributed by atoms with Crippen LogP contribution in [0.1, 0.15) is 17.3 Å². The van der Waals surface area contributed by atoms with Crippen LogP contribution in [0.5, 0.6) is 0 Å². The zero-order chi connectivity index (χ0) is 18.0. The van der Waals surface area contributed by atoms with E-state index in [9.17, 15) is 9.59 Å². The molecule has 0 amide bonds. The largest absolute Gasteiger partial charge is 0.369 e. The average Bonchev–Trinajstić information content (AvgIpc) is 3.04. The summed E-state index contributed by atoms with van der Waals surface area (Å²) in [5.41, 5.74) is 5.20. The van der Waals surface area contributed by atoms with Gasteiger partial charge in [-0.15, -0.1) is 0 Å². The first-order chi connectivity index (χ1) is 11.9. The quantitative estimate of drug-likeness (QED) is 0.696. The zero-order valence-electron chi connectivity index (χ0n) is 13.3. The van der Waals surface area contributed by atoms with Crippen molar-refractivity contribution < 1.29 is 4.52 Å². The van der Waals surface area contributed by atoms with E-state index in [0.717, 1.165) is 14.7 Å². The van der Waals surface area contributed by atoms with Gasteiger partial charge in [-0.25, -0.2) is 14.2 Å². The van der Waals surface area contributed by atoms with Crippen molar-refractivity contribution in [3.8, 4) is 0 Å². The van der Waals surface area contributed by atoms with Crippen molar-refractivity contribution in [2.45, 2.75) is 19.4 Å². The first-order valence-electron chi connectivity index (χ1n) is 7.43. The van der Waals surface area contributed by atoms with Crippen LogP contribution in [0.2, 0.25) is 5.02 Å². The molecule has 10 heteroatoms. The van der Waals surface area contributed by atoms with Gasteiger partial charge in [0, 0.05) is 18.5 Å². The number of anilines is 1. The molecule has 0 aliphatic rings. The molecule has 0 atom stereocenters. The van der Waals surface area contributed by atoms with Crippen LogP contribution in [0.15, 0.2) is 38.4 Å². The van der Waals surface area contributed by atoms with Crippen molar-refractivity contribution in [3.63, 3.8) is 0 Å². The lowest BCUT2D eigenvalue weighted by atomic mass is 10.1. The van der Waals surface area contributed by atoms with Crippen molar-refractivity contribution in [1.29, 1.82) is 0 Å². The van der Waals surface area contributed by atoms with Crippen LogP contribution in [0, 0.1) is 0 Å². The smallest absolute Gasteiger partial charge is 0.355 e. The van der Waals surface area contributed by atoms with Crippen molar-refractivity contribution in [2.75, 3.05) is 5.73 Å². The molecule has 9 nitrogen and oxygen atoms in total. The molecule has 3 aromatic rings. The molecule has 1 aromatic carbocycles. The molecule has 0 radical (unpaired) electrons. The topological polar surface area (TPSA) is 122 Å². The highest BCUT2D eigenvalue weighted by atomic mass is 35.5. The third-order valence-electron chi connectivity index (χ3n) is 3.66. The van der Waals surface area contributed by atoms with Gasteiger partial charge in [0.05, 0.1) is 0 Å². The summed E-state index contributed by atoms with van der Waals surface area (Å²) in [6, 6.07) is 7.48. The van der Waals surface area contributed by atoms with Gasteiger partial charge in [-0.05, 0) is 24.1 Å². The van der Waals surface area contributed by atoms with E-state index in [0.29, 0.717) is 23.7 Å². The molecular formula is C15H15ClN6O3. The Morgan fingerprint density at radius 1 is 1.16 bits per heavy atom. The van der Waals surface area contributed by atoms with E-state index in [4.69, 9.17) is 21.9 Å². The number of aryl methyl sites for hydroxylation is 2. The lowest BCUT2D eigenvalue weighted by molar-refractivity contribution is 0.360. The summed E-state index contributed by atoms with van der Waals surface area (Å²) in [6.07, 6.45) is 1.26. The van der Waals surface area contributed by atoms with E-state index < -0.39 is 11.4 Å². The number of nitrogens with zero attached hydrogens (tertiary/aromatic N) is 5. The molecule has 0 saturated heterocycles. The molecule has 0 saturated carbocycles. The second-order valence-corrected chi connectivity index (χ2v) is 5.85. The van der Waals surface area contributed by atoms with E-state index in [-0.39, 0.29) is 18.4 Å². The van der Waals surface area contributed by atoms with Gasteiger partial charge in [0.25, 0.3) is 0 Å². The van der Waals surface area contributed by atoms with Crippen molar-refractivity contribution >= 4 is 17.5 Å². The molecule has 2 aromatic heterocycles. The third kappa shape index (κ3) is 3.77. The van der Waals surface area contributed by atoms with Gasteiger partial charge in [0.2, 0.25) is 11.8 Å². The van der Waals surface area contributed by atoms with Crippen LogP contribution in [-0.2, 0) is 26.4 Å². The SMILES string of the molecule is Cn1c(N)nc(=O)n(Cc2nc(CCc3ccc(Cl)cc3)no2)c1=O. The fourth-order valence-corrected chi connectivity index (χ4v) is 2.35. The maximum absolute atomic E-state index is 12.1. The Hall–Kier alpha value is -2.94. The van der Waals surface area contributed by atoms with E-state index in [2.05, 4.69) is 15.1 Å². The fourth-order valence-electron chi connectivity index (χ4n) is 2.23. The summed E-state index contributed by atoms with van der Waals surface area (Å²) in [5.74, 6) is 0.482. The first kappa shape index (κ1) is 16.9. The molecule has 130 valence electrons. The standard InChI is InChI=1S/C15H15ClN6O3/c1-21-13(17)19-14(23)22(15(21)24)8-12-18-11(20-25-12)7-4-9-2-5-10(16)6-3-9/h2-3,5-6H,4,7-8H2,1H3,(H2,17,19,23). The summed E-state index contributed by atoms with van der Waals surface area (Å²) >= 11 is 5.85. The Balaban J connectivity index is 1.72. The highest BCUT2D eigenvalue weighted by Crippen LogP contribution is 2.11. The van der Waals surface area contributed by atoms with Crippen LogP contribution in [0.4, 0.5) is 5.95 Å². The van der Waals surface area contributed by atoms with Gasteiger partial charge in [-0.2, -0.15) is 9.97 Å². The minimum absolute atomic E-state index is 0.150. The Morgan fingerprint density at radius 3 is 2.60 bits per heavy atom. The summed E-state index contributed by atoms with van der Waals surface area (Å²) in [5, 5.41) is 4.54. The predicted molar refractivity (Wildman–Crippen MR) is 90.4 cm³/mol. The normalized spacial score (nSPS) is 11.0. The first-order valence-corrected chi connectivity index (χ1v) is 7.81. The Kier molecular flexibility index (Phi) is 4.66. The Bertz CT molecular complexity index is 1010. The molecule has 2 heterocycles. The number of aromatic nitrogens is 5. The second kappa shape index (κ2) is 6.89. The van der Waals surface area contributed by atoms with Crippen molar-refractivity contribution in [3.05, 3.63) is 67.5 Å². The van der Waals surface area contributed by atoms with E-state index in [1.54, 1.807) is 0 Å². The van der Waals surface area contributed by atoms with Gasteiger partial charge in [0.15, 0.2) is 5.82 Å². The van der Waals surface area contributed by atoms with E-state index in [1.807, 2.05) is 24.3 Å². The average molecular weight is 363 g/mol. The van der Waals surface area contributed by atoms with E-state index in [1.165, 1.54) is 7.05 Å². The monoisotopic (exact) mass is 362 g/mol. The van der Waals surface area contributed by atoms with Crippen LogP contribution in [-0.4, -0.2) is 24.3 Å².